The van der Waals surface area contributed by atoms with Crippen molar-refractivity contribution in [2.75, 3.05) is 53.5 Å². The van der Waals surface area contributed by atoms with Crippen molar-refractivity contribution < 1.29 is 33.4 Å². The average molecular weight is 950 g/mol. The number of hydrogen-bond acceptors (Lipinski definition) is 11. The zero-order chi connectivity index (χ0) is 48.7. The molecule has 6 bridgehead atoms. The van der Waals surface area contributed by atoms with E-state index in [1.165, 1.54) is 27.3 Å². The van der Waals surface area contributed by atoms with Gasteiger partial charge < -0.3 is 34.1 Å². The van der Waals surface area contributed by atoms with Gasteiger partial charge in [-0.25, -0.2) is 15.2 Å². The molecule has 68 heavy (non-hydrogen) atoms. The molecule has 364 valence electrons. The van der Waals surface area contributed by atoms with Gasteiger partial charge in [-0.05, 0) is 87.8 Å². The Kier molecular flexibility index (Phi) is 14.2. The third-order valence-corrected chi connectivity index (χ3v) is 15.3. The number of carbonyl (C=O) groups excluding carboxylic acids is 5. The molecule has 3 fully saturated rings. The van der Waals surface area contributed by atoms with Crippen molar-refractivity contribution in [3.63, 3.8) is 0 Å². The molecular weight excluding hydrogens is 883 g/mol. The Hall–Kier alpha value is -5.65. The number of nitrogens with one attached hydrogen (secondary N) is 2. The van der Waals surface area contributed by atoms with E-state index in [2.05, 4.69) is 66.9 Å². The van der Waals surface area contributed by atoms with Crippen LogP contribution in [0.5, 0.6) is 0 Å². The Labute approximate surface area is 403 Å². The highest BCUT2D eigenvalue weighted by molar-refractivity contribution is 7.10. The maximum Gasteiger partial charge on any atom is 0.324 e. The van der Waals surface area contributed by atoms with Crippen LogP contribution >= 0.6 is 11.3 Å². The zero-order valence-electron chi connectivity index (χ0n) is 40.8. The quantitative estimate of drug-likeness (QED) is 0.142. The minimum absolute atomic E-state index is 0.0824. The second kappa shape index (κ2) is 19.8. The van der Waals surface area contributed by atoms with Crippen molar-refractivity contribution in [3.8, 4) is 22.5 Å². The van der Waals surface area contributed by atoms with Crippen LogP contribution in [-0.2, 0) is 48.0 Å². The van der Waals surface area contributed by atoms with Crippen molar-refractivity contribution in [2.45, 2.75) is 111 Å². The number of amides is 5. The molecule has 5 atom stereocenters. The van der Waals surface area contributed by atoms with E-state index in [0.717, 1.165) is 57.5 Å². The Balaban J connectivity index is 1.12. The van der Waals surface area contributed by atoms with Crippen LogP contribution in [0.3, 0.4) is 0 Å². The van der Waals surface area contributed by atoms with E-state index in [4.69, 9.17) is 19.4 Å². The van der Waals surface area contributed by atoms with Crippen molar-refractivity contribution in [1.82, 2.24) is 45.0 Å². The van der Waals surface area contributed by atoms with Gasteiger partial charge in [0.1, 0.15) is 18.1 Å². The van der Waals surface area contributed by atoms with Gasteiger partial charge in [-0.1, -0.05) is 40.3 Å². The fourth-order valence-electron chi connectivity index (χ4n) is 10.8. The van der Waals surface area contributed by atoms with Crippen LogP contribution in [0.15, 0.2) is 54.6 Å². The lowest BCUT2D eigenvalue weighted by molar-refractivity contribution is -0.155. The summed E-state index contributed by atoms with van der Waals surface area (Å²) in [5, 5.41) is 8.17. The number of likely N-dealkylation sites (N-methyl/N-ethyl adjacent to an activating group) is 1. The molecular formula is C51H67N9O7S. The molecule has 3 saturated heterocycles. The summed E-state index contributed by atoms with van der Waals surface area (Å²) in [6.07, 6.45) is 6.09. The first-order chi connectivity index (χ1) is 32.5. The normalized spacial score (nSPS) is 22.9. The second-order valence-electron chi connectivity index (χ2n) is 20.2. The number of fused-ring (bicyclic) bond motifs is 6. The van der Waals surface area contributed by atoms with E-state index in [1.807, 2.05) is 32.2 Å². The largest absolute Gasteiger partial charge is 0.464 e. The topological polar surface area (TPSA) is 172 Å². The van der Waals surface area contributed by atoms with E-state index in [9.17, 15) is 24.0 Å². The van der Waals surface area contributed by atoms with Crippen LogP contribution in [0.1, 0.15) is 89.6 Å². The number of aryl methyl sites for hydroxylation is 1. The third-order valence-electron chi connectivity index (χ3n) is 14.4. The molecule has 8 rings (SSSR count). The second-order valence-corrected chi connectivity index (χ2v) is 21.2. The molecule has 4 aliphatic rings. The van der Waals surface area contributed by atoms with Gasteiger partial charge in [-0.2, -0.15) is 0 Å². The number of methoxy groups -OCH3 is 1. The number of hydrazine groups is 1. The summed E-state index contributed by atoms with van der Waals surface area (Å²) in [6.45, 7) is 19.1. The molecule has 0 radical (unpaired) electrons. The van der Waals surface area contributed by atoms with Gasteiger partial charge in [0.05, 0.1) is 34.8 Å². The molecule has 16 nitrogen and oxygen atoms in total. The molecule has 0 aliphatic carbocycles. The maximum absolute atomic E-state index is 14.7. The van der Waals surface area contributed by atoms with Crippen molar-refractivity contribution in [2.24, 2.45) is 16.7 Å². The lowest BCUT2D eigenvalue weighted by Crippen LogP contribution is -2.62. The first-order valence-corrected chi connectivity index (χ1v) is 24.9. The van der Waals surface area contributed by atoms with E-state index in [1.54, 1.807) is 30.2 Å². The summed E-state index contributed by atoms with van der Waals surface area (Å²) in [4.78, 5) is 84.8. The minimum Gasteiger partial charge on any atom is -0.464 e. The van der Waals surface area contributed by atoms with Gasteiger partial charge in [0.2, 0.25) is 11.8 Å². The summed E-state index contributed by atoms with van der Waals surface area (Å²) in [5.74, 6) is -1.75. The fourth-order valence-corrected chi connectivity index (χ4v) is 11.6. The lowest BCUT2D eigenvalue weighted by atomic mass is 9.84. The van der Waals surface area contributed by atoms with E-state index < -0.39 is 41.3 Å². The maximum atomic E-state index is 14.7. The van der Waals surface area contributed by atoms with Crippen molar-refractivity contribution in [1.29, 1.82) is 0 Å². The number of esters is 1. The Morgan fingerprint density at radius 2 is 1.85 bits per heavy atom. The molecule has 1 aromatic carbocycles. The van der Waals surface area contributed by atoms with Crippen LogP contribution in [0, 0.1) is 16.7 Å². The summed E-state index contributed by atoms with van der Waals surface area (Å²) in [7, 11) is 3.32. The van der Waals surface area contributed by atoms with Gasteiger partial charge >= 0.3 is 12.0 Å². The SMILES string of the molecule is C=CC(=O)N1CC[C@@]2(CCN(C(=O)N(C)[C@H](C(=O)N[C@H]3Cc4nc(cs4)-c4ccc5c(c4)c(c(-c4cccnc4[C@H](C)OC)n5CC)CC(C)(C)COC(=O)[C@@H]4CCCN(N4)C3=O)C(C)C)C2)C1. The van der Waals surface area contributed by atoms with E-state index in [0.29, 0.717) is 63.5 Å². The molecule has 17 heteroatoms. The van der Waals surface area contributed by atoms with Gasteiger partial charge in [0.25, 0.3) is 5.91 Å². The summed E-state index contributed by atoms with van der Waals surface area (Å²) in [5.41, 5.74) is 9.10. The highest BCUT2D eigenvalue weighted by Gasteiger charge is 2.47. The number of nitrogens with zero attached hydrogens (tertiary/aromatic N) is 7. The molecule has 1 spiro atoms. The van der Waals surface area contributed by atoms with Crippen molar-refractivity contribution in [3.05, 3.63) is 70.8 Å². The van der Waals surface area contributed by atoms with E-state index in [-0.39, 0.29) is 42.4 Å². The Bertz CT molecular complexity index is 2590. The molecule has 3 aromatic heterocycles. The highest BCUT2D eigenvalue weighted by Crippen LogP contribution is 2.43. The molecule has 4 aromatic rings. The highest BCUT2D eigenvalue weighted by atomic mass is 32.1. The first-order valence-electron chi connectivity index (χ1n) is 24.0. The minimum atomic E-state index is -1.08. The van der Waals surface area contributed by atoms with Gasteiger partial charge in [-0.3, -0.25) is 29.2 Å². The summed E-state index contributed by atoms with van der Waals surface area (Å²) in [6, 6.07) is 7.38. The molecule has 0 unspecified atom stereocenters. The van der Waals surface area contributed by atoms with Gasteiger partial charge in [0.15, 0.2) is 0 Å². The number of likely N-dealkylation sites (tertiary alicyclic amines) is 2. The molecule has 4 aliphatic heterocycles. The number of carbonyl (C=O) groups is 5. The van der Waals surface area contributed by atoms with Gasteiger partial charge in [0, 0.05) is 104 Å². The smallest absolute Gasteiger partial charge is 0.324 e. The van der Waals surface area contributed by atoms with Crippen molar-refractivity contribution >= 4 is 52.0 Å². The molecule has 7 heterocycles. The van der Waals surface area contributed by atoms with Gasteiger partial charge in [-0.15, -0.1) is 11.3 Å². The zero-order valence-corrected chi connectivity index (χ0v) is 41.6. The lowest BCUT2D eigenvalue weighted by Gasteiger charge is -2.37. The number of thiazole rings is 1. The number of benzene rings is 1. The van der Waals surface area contributed by atoms with Crippen LogP contribution in [0.4, 0.5) is 4.79 Å². The Morgan fingerprint density at radius 3 is 2.57 bits per heavy atom. The third kappa shape index (κ3) is 9.66. The number of ether oxygens (including phenoxy) is 2. The summed E-state index contributed by atoms with van der Waals surface area (Å²) >= 11 is 1.42. The number of rotatable bonds is 9. The molecule has 5 amide bonds. The fraction of sp³-hybridized carbons (Fsp3) is 0.549. The molecule has 0 saturated carbocycles. The number of urea groups is 1. The van der Waals surface area contributed by atoms with Crippen LogP contribution < -0.4 is 10.7 Å². The number of cyclic esters (lactones) is 1. The molecule has 2 N–H and O–H groups in total. The first kappa shape index (κ1) is 48.8. The number of hydrogen-bond donors (Lipinski definition) is 2. The average Bonchev–Trinajstić information content (AvgIpc) is 4.15. The van der Waals surface area contributed by atoms with Crippen LogP contribution in [0.25, 0.3) is 33.4 Å². The number of pyridine rings is 1. The summed E-state index contributed by atoms with van der Waals surface area (Å²) < 4.78 is 14.3. The standard InChI is InChI=1S/C51H67N9O7S/c1-10-42(61)57-22-18-51(28-57)19-23-58(29-51)49(65)56(8)44(31(3)4)46(62)54-38-25-41-53-39(27-68-41)33-16-17-40-35(24-33)36(45(59(40)11-2)34-14-12-20-52-43(34)32(5)66-9)26-50(6,7)30-67-48(64)37-15-13-21-60(55-37)47(38)63/h10,12,14,16-17,20,24,27,31-32,37-38,44,55H,1,11,13,15,18-19,21-23,25-26,28-30H2,2-9H3,(H,54,62)/t32-,37-,38-,44-,51+/m0/s1. The van der Waals surface area contributed by atoms with Crippen LogP contribution in [0.2, 0.25) is 0 Å². The van der Waals surface area contributed by atoms with Crippen LogP contribution in [-0.4, -0.2) is 136 Å². The van der Waals surface area contributed by atoms with E-state index >= 15 is 0 Å². The predicted molar refractivity (Wildman–Crippen MR) is 261 cm³/mol. The Morgan fingerprint density at radius 1 is 1.10 bits per heavy atom. The number of aromatic nitrogens is 3. The predicted octanol–water partition coefficient (Wildman–Crippen LogP) is 6.39. The monoisotopic (exact) mass is 949 g/mol.